The van der Waals surface area contributed by atoms with E-state index in [2.05, 4.69) is 14.7 Å². The summed E-state index contributed by atoms with van der Waals surface area (Å²) in [5.74, 6) is -1.10. The number of fused-ring (bicyclic) bond motifs is 2. The molecule has 0 fully saturated rings. The van der Waals surface area contributed by atoms with Gasteiger partial charge >= 0.3 is 118 Å². The van der Waals surface area contributed by atoms with Crippen molar-refractivity contribution in [2.45, 2.75) is 91.7 Å². The molecule has 0 radical (unpaired) electrons. The number of nitrogens with one attached hydrogen (secondary N) is 1. The van der Waals surface area contributed by atoms with Crippen LogP contribution in [0.15, 0.2) is 122 Å². The van der Waals surface area contributed by atoms with E-state index in [-0.39, 0.29) is 144 Å². The third-order valence-electron chi connectivity index (χ3n) is 11.8. The van der Waals surface area contributed by atoms with Gasteiger partial charge in [0, 0.05) is 75.3 Å². The first-order valence-corrected chi connectivity index (χ1v) is 27.3. The van der Waals surface area contributed by atoms with Gasteiger partial charge in [0.15, 0.2) is 5.71 Å². The summed E-state index contributed by atoms with van der Waals surface area (Å²) in [4.78, 5) is 1.60. The number of unbranched alkanes of at least 4 members (excludes halogenated alkanes) is 2. The van der Waals surface area contributed by atoms with Crippen molar-refractivity contribution < 1.29 is 189 Å². The normalized spacial score (nSPS) is 17.5. The van der Waals surface area contributed by atoms with Crippen molar-refractivity contribution in [3.63, 3.8) is 0 Å². The molecule has 1 aliphatic carbocycles. The average Bonchev–Trinajstić information content (AvgIpc) is 3.77. The van der Waals surface area contributed by atoms with Gasteiger partial charge in [0.25, 0.3) is 0 Å². The van der Waals surface area contributed by atoms with Crippen LogP contribution < -0.4 is 134 Å². The summed E-state index contributed by atoms with van der Waals surface area (Å²) in [7, 11) is -18.6. The Morgan fingerprint density at radius 1 is 0.714 bits per heavy atom. The van der Waals surface area contributed by atoms with Crippen LogP contribution in [0.3, 0.4) is 0 Å². The average molecular weight is 1100 g/mol. The molecule has 0 aromatic heterocycles. The number of hydrogen-bond acceptors (Lipinski definition) is 18. The van der Waals surface area contributed by atoms with E-state index in [1.54, 1.807) is 12.1 Å². The molecular formula is C43H47N3Na4O15S5. The van der Waals surface area contributed by atoms with E-state index in [0.29, 0.717) is 59.0 Å². The van der Waals surface area contributed by atoms with Crippen molar-refractivity contribution in [1.82, 2.24) is 0 Å². The number of anilines is 2. The summed E-state index contributed by atoms with van der Waals surface area (Å²) in [5.41, 5.74) is 5.12. The summed E-state index contributed by atoms with van der Waals surface area (Å²) >= 11 is 0.730. The van der Waals surface area contributed by atoms with Crippen molar-refractivity contribution >= 4 is 75.3 Å². The van der Waals surface area contributed by atoms with Crippen LogP contribution in [0.25, 0.3) is 0 Å². The van der Waals surface area contributed by atoms with E-state index in [1.807, 2.05) is 73.6 Å². The van der Waals surface area contributed by atoms with Crippen LogP contribution in [0.5, 0.6) is 0 Å². The van der Waals surface area contributed by atoms with Gasteiger partial charge in [-0.05, 0) is 117 Å². The fourth-order valence-corrected chi connectivity index (χ4v) is 11.1. The molecule has 18 nitrogen and oxygen atoms in total. The Hall–Kier alpha value is -0.240. The maximum absolute atomic E-state index is 12.1. The van der Waals surface area contributed by atoms with Gasteiger partial charge in [-0.3, -0.25) is 5.04 Å². The standard InChI is InChI=1S/C43H51N3O15S5.4Na/c1-42(2)35-27-32(62-61-60-47)16-18-37(35)45(22-5-7-24-63(48,49)50)39(42)20-14-29-12-13-30(41(29)44-31-10-9-11-33(26-31)65(54,55)56)15-21-40-43(3,4)36-28-34(66(57,58)59)17-19-38(36)46(40)23-6-8-25-64(51,52)53;;;;/h9-11,14-21,26-28H,5-8,12-13,22-25H2,1-4H3,(H5,47,48,49,50,51,52,53,54,55,56,57,58,59);;;;/q;4*+1/p-4/b30-15?,40-21+;;;;. The van der Waals surface area contributed by atoms with Crippen molar-refractivity contribution in [3.8, 4) is 0 Å². The van der Waals surface area contributed by atoms with Crippen LogP contribution in [0.4, 0.5) is 17.1 Å². The van der Waals surface area contributed by atoms with Gasteiger partial charge in [-0.25, -0.2) is 33.7 Å². The van der Waals surface area contributed by atoms with Crippen LogP contribution in [0.2, 0.25) is 0 Å². The summed E-state index contributed by atoms with van der Waals surface area (Å²) < 4.78 is 147. The summed E-state index contributed by atoms with van der Waals surface area (Å²) in [6, 6.07) is 14.9. The molecule has 3 aromatic rings. The molecule has 0 saturated heterocycles. The molecule has 0 bridgehead atoms. The largest absolute Gasteiger partial charge is 1.00 e. The molecule has 3 aliphatic rings. The fraction of sp³-hybridized carbons (Fsp3) is 0.372. The molecule has 2 aliphatic heterocycles. The SMILES string of the molecule is CC1(C)C(C=CC2=C(Nc3cccc(S(=O)(=O)[O-])c3)C(=C/C=C3/N(CCCCS(=O)(=O)[O-])c4ccc(S(=O)(=O)[O-])cc4C3(C)C)CC2)=[N+](CCCCS(=O)(=O)[O-])c2ccc(SOO[O-])cc21.[Na+].[Na+].[Na+].[Na+]. The van der Waals surface area contributed by atoms with Crippen molar-refractivity contribution in [2.75, 3.05) is 34.8 Å². The van der Waals surface area contributed by atoms with Crippen molar-refractivity contribution in [3.05, 3.63) is 119 Å². The van der Waals surface area contributed by atoms with Gasteiger partial charge in [0.1, 0.15) is 26.8 Å². The zero-order valence-corrected chi connectivity index (χ0v) is 52.3. The summed E-state index contributed by atoms with van der Waals surface area (Å²) in [6.07, 6.45) is 9.29. The van der Waals surface area contributed by atoms with E-state index in [1.165, 1.54) is 36.4 Å². The summed E-state index contributed by atoms with van der Waals surface area (Å²) in [5, 5.41) is 17.5. The van der Waals surface area contributed by atoms with E-state index >= 15 is 0 Å². The maximum Gasteiger partial charge on any atom is 1.00 e. The molecule has 70 heavy (non-hydrogen) atoms. The number of benzene rings is 3. The molecule has 2 heterocycles. The van der Waals surface area contributed by atoms with Crippen LogP contribution in [-0.4, -0.2) is 86.8 Å². The monoisotopic (exact) mass is 1100 g/mol. The van der Waals surface area contributed by atoms with Gasteiger partial charge in [0.2, 0.25) is 5.69 Å². The predicted octanol–water partition coefficient (Wildman–Crippen LogP) is -6.91. The Bertz CT molecular complexity index is 3030. The second-order valence-corrected chi connectivity index (χ2v) is 23.6. The number of rotatable bonds is 20. The van der Waals surface area contributed by atoms with Gasteiger partial charge in [-0.15, -0.1) is 0 Å². The Balaban J connectivity index is 0.00000420. The topological polar surface area (TPSA) is 289 Å². The first-order valence-electron chi connectivity index (χ1n) is 20.5. The van der Waals surface area contributed by atoms with Crippen LogP contribution in [0.1, 0.15) is 77.3 Å². The van der Waals surface area contributed by atoms with E-state index in [0.717, 1.165) is 40.2 Å². The zero-order chi connectivity index (χ0) is 48.5. The predicted molar refractivity (Wildman–Crippen MR) is 239 cm³/mol. The molecule has 6 rings (SSSR count). The number of nitrogens with zero attached hydrogens (tertiary/aromatic N) is 2. The molecule has 1 N–H and O–H groups in total. The number of hydrogen-bond donors (Lipinski definition) is 1. The first-order chi connectivity index (χ1) is 30.7. The molecule has 0 amide bonds. The quantitative estimate of drug-likeness (QED) is 0.0209. The molecule has 0 atom stereocenters. The minimum absolute atomic E-state index is 0. The first kappa shape index (κ1) is 65.9. The second-order valence-electron chi connectivity index (χ2n) is 17.0. The van der Waals surface area contributed by atoms with E-state index in [9.17, 15) is 57.1 Å². The van der Waals surface area contributed by atoms with Crippen LogP contribution >= 0.6 is 12.0 Å². The van der Waals surface area contributed by atoms with E-state index < -0.39 is 72.6 Å². The Morgan fingerprint density at radius 3 is 1.96 bits per heavy atom. The van der Waals surface area contributed by atoms with Crippen LogP contribution in [0, 0.1) is 0 Å². The van der Waals surface area contributed by atoms with Gasteiger partial charge < -0.3 is 33.7 Å². The van der Waals surface area contributed by atoms with Gasteiger partial charge in [0.05, 0.1) is 47.5 Å². The maximum atomic E-state index is 12.1. The third-order valence-corrected chi connectivity index (χ3v) is 15.6. The molecule has 0 unspecified atom stereocenters. The van der Waals surface area contributed by atoms with Crippen molar-refractivity contribution in [2.24, 2.45) is 0 Å². The number of allylic oxidation sites excluding steroid dienone is 7. The molecule has 3 aromatic carbocycles. The molecule has 0 saturated carbocycles. The minimum Gasteiger partial charge on any atom is -0.748 e. The Kier molecular flexibility index (Phi) is 25.1. The summed E-state index contributed by atoms with van der Waals surface area (Å²) in [6.45, 7) is 8.27. The molecule has 358 valence electrons. The Labute approximate surface area is 503 Å². The molecule has 27 heteroatoms. The third kappa shape index (κ3) is 16.6. The van der Waals surface area contributed by atoms with Crippen LogP contribution in [-0.2, 0) is 60.7 Å². The fourth-order valence-electron chi connectivity index (χ4n) is 8.60. The zero-order valence-electron chi connectivity index (χ0n) is 40.2. The van der Waals surface area contributed by atoms with E-state index in [4.69, 9.17) is 0 Å². The molecular weight excluding hydrogens is 1050 g/mol. The second kappa shape index (κ2) is 26.7. The van der Waals surface area contributed by atoms with Gasteiger partial charge in [-0.2, -0.15) is 8.91 Å². The Morgan fingerprint density at radius 2 is 1.34 bits per heavy atom. The smallest absolute Gasteiger partial charge is 0.748 e. The van der Waals surface area contributed by atoms with Crippen molar-refractivity contribution in [1.29, 1.82) is 0 Å². The van der Waals surface area contributed by atoms with Gasteiger partial charge in [-0.1, -0.05) is 32.1 Å². The minimum atomic E-state index is -4.82. The molecule has 0 spiro atoms.